The molecule has 0 aromatic heterocycles. The highest BCUT2D eigenvalue weighted by Gasteiger charge is 2.44. The highest BCUT2D eigenvalue weighted by atomic mass is 15.2. The van der Waals surface area contributed by atoms with Gasteiger partial charge in [-0.2, -0.15) is 0 Å². The Labute approximate surface area is 337 Å². The highest BCUT2D eigenvalue weighted by Crippen LogP contribution is 2.47. The summed E-state index contributed by atoms with van der Waals surface area (Å²) in [5.74, 6) is 0. The van der Waals surface area contributed by atoms with E-state index < -0.39 is 0 Å². The molecule has 56 heavy (non-hydrogen) atoms. The zero-order valence-corrected chi connectivity index (χ0v) is 34.5. The van der Waals surface area contributed by atoms with Crippen molar-refractivity contribution in [1.29, 1.82) is 0 Å². The summed E-state index contributed by atoms with van der Waals surface area (Å²) in [4.78, 5) is 5.23. The number of hydrogen-bond acceptors (Lipinski definition) is 2. The molecule has 0 spiro atoms. The van der Waals surface area contributed by atoms with Crippen molar-refractivity contribution in [1.82, 2.24) is 0 Å². The molecule has 8 rings (SSSR count). The molecule has 0 saturated carbocycles. The molecule has 2 aliphatic heterocycles. The van der Waals surface area contributed by atoms with Gasteiger partial charge >= 0.3 is 0 Å². The Morgan fingerprint density at radius 3 is 1.61 bits per heavy atom. The molecule has 284 valence electrons. The number of rotatable bonds is 15. The van der Waals surface area contributed by atoms with Crippen molar-refractivity contribution >= 4 is 57.2 Å². The molecule has 2 aliphatic rings. The summed E-state index contributed by atoms with van der Waals surface area (Å²) in [6, 6.07) is 47.6. The van der Waals surface area contributed by atoms with Crippen LogP contribution in [0.1, 0.15) is 107 Å². The minimum Gasteiger partial charge on any atom is -0.311 e. The largest absolute Gasteiger partial charge is 0.311 e. The normalized spacial score (nSPS) is 12.8. The van der Waals surface area contributed by atoms with Crippen LogP contribution >= 0.6 is 0 Å². The summed E-state index contributed by atoms with van der Waals surface area (Å²) < 4.78 is 0. The molecule has 0 amide bonds. The molecule has 0 aliphatic carbocycles. The molecule has 0 radical (unpaired) electrons. The molecule has 0 saturated heterocycles. The van der Waals surface area contributed by atoms with Gasteiger partial charge in [-0.05, 0) is 157 Å². The lowest BCUT2D eigenvalue weighted by Crippen LogP contribution is -2.61. The van der Waals surface area contributed by atoms with Gasteiger partial charge in [0, 0.05) is 34.0 Å². The highest BCUT2D eigenvalue weighted by molar-refractivity contribution is 7.00. The fourth-order valence-corrected chi connectivity index (χ4v) is 9.20. The molecule has 2 heterocycles. The van der Waals surface area contributed by atoms with Gasteiger partial charge in [0.15, 0.2) is 0 Å². The van der Waals surface area contributed by atoms with Gasteiger partial charge in [0.1, 0.15) is 0 Å². The van der Waals surface area contributed by atoms with Crippen LogP contribution in [-0.2, 0) is 25.7 Å². The van der Waals surface area contributed by atoms with Crippen molar-refractivity contribution < 1.29 is 0 Å². The number of hydrogen-bond donors (Lipinski definition) is 0. The maximum Gasteiger partial charge on any atom is 0.252 e. The zero-order valence-electron chi connectivity index (χ0n) is 34.5. The lowest BCUT2D eigenvalue weighted by Gasteiger charge is -2.45. The first-order valence-electron chi connectivity index (χ1n) is 21.8. The van der Waals surface area contributed by atoms with Crippen LogP contribution in [0.2, 0.25) is 0 Å². The number of nitrogens with zero attached hydrogens (tertiary/aromatic N) is 2. The van der Waals surface area contributed by atoms with Crippen molar-refractivity contribution in [2.24, 2.45) is 0 Å². The minimum absolute atomic E-state index is 0.132. The average Bonchev–Trinajstić information content (AvgIpc) is 3.23. The summed E-state index contributed by atoms with van der Waals surface area (Å²) in [5, 5.41) is 0. The van der Waals surface area contributed by atoms with E-state index in [-0.39, 0.29) is 6.71 Å². The van der Waals surface area contributed by atoms with E-state index in [4.69, 9.17) is 0 Å². The molecule has 0 unspecified atom stereocenters. The summed E-state index contributed by atoms with van der Waals surface area (Å²) in [6.45, 7) is 11.6. The number of fused-ring (bicyclic) bond motifs is 4. The molecule has 2 nitrogen and oxygen atoms in total. The SMILES string of the molecule is CCCCc1ccc(N2c3ccc(CCCC)cc3B3c4ccc(CCCC)cc4N(c4ccc(CCCC)cc4-c4ccccc4)c4cc(C)cc2c43)cc1. The van der Waals surface area contributed by atoms with E-state index in [1.54, 1.807) is 0 Å². The van der Waals surface area contributed by atoms with Crippen LogP contribution < -0.4 is 26.2 Å². The lowest BCUT2D eigenvalue weighted by molar-refractivity contribution is 0.795. The smallest absolute Gasteiger partial charge is 0.252 e. The van der Waals surface area contributed by atoms with E-state index in [0.717, 1.165) is 25.7 Å². The second-order valence-corrected chi connectivity index (χ2v) is 16.4. The predicted octanol–water partition coefficient (Wildman–Crippen LogP) is 13.1. The summed E-state index contributed by atoms with van der Waals surface area (Å²) in [6.07, 6.45) is 14.0. The molecule has 0 N–H and O–H groups in total. The fourth-order valence-electron chi connectivity index (χ4n) is 9.20. The van der Waals surface area contributed by atoms with Crippen LogP contribution in [0.3, 0.4) is 0 Å². The first-order valence-corrected chi connectivity index (χ1v) is 21.8. The second kappa shape index (κ2) is 17.0. The number of benzene rings is 6. The Morgan fingerprint density at radius 2 is 0.964 bits per heavy atom. The molecular weight excluding hydrogens is 675 g/mol. The quantitative estimate of drug-likeness (QED) is 0.0968. The van der Waals surface area contributed by atoms with Crippen LogP contribution in [0.25, 0.3) is 11.1 Å². The summed E-state index contributed by atoms with van der Waals surface area (Å²) in [7, 11) is 0. The third-order valence-electron chi connectivity index (χ3n) is 12.2. The Balaban J connectivity index is 1.41. The Hall–Kier alpha value is -5.02. The van der Waals surface area contributed by atoms with Crippen molar-refractivity contribution in [3.05, 3.63) is 149 Å². The third kappa shape index (κ3) is 7.34. The van der Waals surface area contributed by atoms with E-state index in [9.17, 15) is 0 Å². The van der Waals surface area contributed by atoms with Gasteiger partial charge in [-0.25, -0.2) is 0 Å². The lowest BCUT2D eigenvalue weighted by atomic mass is 9.33. The van der Waals surface area contributed by atoms with Gasteiger partial charge in [-0.3, -0.25) is 0 Å². The number of aryl methyl sites for hydroxylation is 5. The van der Waals surface area contributed by atoms with Crippen LogP contribution in [-0.4, -0.2) is 6.71 Å². The van der Waals surface area contributed by atoms with Gasteiger partial charge in [0.25, 0.3) is 6.71 Å². The molecule has 0 atom stereocenters. The van der Waals surface area contributed by atoms with Gasteiger partial charge in [0.2, 0.25) is 0 Å². The fraction of sp³-hybridized carbons (Fsp3) is 0.321. The van der Waals surface area contributed by atoms with Crippen molar-refractivity contribution in [2.45, 2.75) is 112 Å². The summed E-state index contributed by atoms with van der Waals surface area (Å²) >= 11 is 0. The molecule has 6 aromatic carbocycles. The maximum absolute atomic E-state index is 2.65. The van der Waals surface area contributed by atoms with Crippen molar-refractivity contribution in [2.75, 3.05) is 9.80 Å². The van der Waals surface area contributed by atoms with E-state index in [2.05, 4.69) is 166 Å². The van der Waals surface area contributed by atoms with Gasteiger partial charge < -0.3 is 9.80 Å². The minimum atomic E-state index is 0.132. The van der Waals surface area contributed by atoms with Gasteiger partial charge in [-0.1, -0.05) is 126 Å². The number of anilines is 6. The van der Waals surface area contributed by atoms with Gasteiger partial charge in [0.05, 0.1) is 5.69 Å². The Bertz CT molecular complexity index is 2290. The van der Waals surface area contributed by atoms with Crippen LogP contribution in [0.15, 0.2) is 121 Å². The standard InChI is InChI=1S/C53H59BN2/c1-6-10-17-39-23-28-44(29-24-39)55-49-32-27-41(19-12-8-3)36-47(49)54-46-30-25-42(20-13-9-4)37-50(46)56(52-34-38(5)33-51(55)53(52)54)48-31-26-40(18-11-7-2)35-45(48)43-21-15-14-16-22-43/h14-16,21-37H,6-13,17-20H2,1-5H3. The third-order valence-corrected chi connectivity index (χ3v) is 12.2. The first kappa shape index (κ1) is 37.9. The Kier molecular flexibility index (Phi) is 11.5. The molecule has 6 aromatic rings. The first-order chi connectivity index (χ1) is 27.5. The average molecular weight is 735 g/mol. The molecule has 3 heteroatoms. The molecule has 0 fully saturated rings. The van der Waals surface area contributed by atoms with E-state index in [1.807, 2.05) is 0 Å². The topological polar surface area (TPSA) is 6.48 Å². The number of unbranched alkanes of at least 4 members (excludes halogenated alkanes) is 4. The molecular formula is C53H59BN2. The van der Waals surface area contributed by atoms with E-state index in [0.29, 0.717) is 0 Å². The predicted molar refractivity (Wildman–Crippen MR) is 245 cm³/mol. The van der Waals surface area contributed by atoms with Crippen LogP contribution in [0.4, 0.5) is 34.1 Å². The van der Waals surface area contributed by atoms with E-state index in [1.165, 1.54) is 141 Å². The van der Waals surface area contributed by atoms with Crippen molar-refractivity contribution in [3.8, 4) is 11.1 Å². The van der Waals surface area contributed by atoms with Crippen LogP contribution in [0.5, 0.6) is 0 Å². The van der Waals surface area contributed by atoms with Gasteiger partial charge in [-0.15, -0.1) is 0 Å². The zero-order chi connectivity index (χ0) is 38.6. The van der Waals surface area contributed by atoms with Crippen molar-refractivity contribution in [3.63, 3.8) is 0 Å². The second-order valence-electron chi connectivity index (χ2n) is 16.4. The molecule has 0 bridgehead atoms. The monoisotopic (exact) mass is 734 g/mol. The summed E-state index contributed by atoms with van der Waals surface area (Å²) in [5.41, 5.74) is 21.5. The Morgan fingerprint density at radius 1 is 0.429 bits per heavy atom. The maximum atomic E-state index is 2.65. The van der Waals surface area contributed by atoms with Crippen LogP contribution in [0, 0.1) is 6.92 Å². The van der Waals surface area contributed by atoms with E-state index >= 15 is 0 Å².